The van der Waals surface area contributed by atoms with Crippen molar-refractivity contribution in [2.45, 2.75) is 44.7 Å². The van der Waals surface area contributed by atoms with E-state index in [4.69, 9.17) is 4.52 Å². The molecule has 0 saturated heterocycles. The third kappa shape index (κ3) is 7.84. The molecular formula is C9H23N2O4P5. The van der Waals surface area contributed by atoms with Crippen molar-refractivity contribution in [2.24, 2.45) is 0 Å². The molecule has 0 spiro atoms. The molecule has 0 amide bonds. The zero-order chi connectivity index (χ0) is 15.9. The van der Waals surface area contributed by atoms with Gasteiger partial charge in [0.15, 0.2) is 0 Å². The predicted octanol–water partition coefficient (Wildman–Crippen LogP) is 3.42. The fraction of sp³-hybridized carbons (Fsp3) is 0.889. The van der Waals surface area contributed by atoms with Gasteiger partial charge >= 0.3 is 5.97 Å². The van der Waals surface area contributed by atoms with E-state index in [1.807, 2.05) is 11.7 Å². The minimum absolute atomic E-state index is 0.266. The quantitative estimate of drug-likeness (QED) is 0.349. The van der Waals surface area contributed by atoms with Crippen LogP contribution >= 0.6 is 42.7 Å². The van der Waals surface area contributed by atoms with Crippen LogP contribution in [0.5, 0.6) is 0 Å². The molecule has 6 nitrogen and oxygen atoms in total. The minimum Gasteiger partial charge on any atom is -0.436 e. The van der Waals surface area contributed by atoms with E-state index in [9.17, 15) is 14.9 Å². The summed E-state index contributed by atoms with van der Waals surface area (Å²) in [4.78, 5) is 22.6. The van der Waals surface area contributed by atoms with E-state index in [0.29, 0.717) is 27.7 Å². The van der Waals surface area contributed by atoms with Gasteiger partial charge in [-0.2, -0.15) is 0 Å². The standard InChI is InChI=1S/C9H23N2O4P5/c1-9(2,11(13)14)6-4-5-7(10(3)19-16)8(12)15-20(17)18/h7,19H,4-6,16-18H2,1-3H3. The Morgan fingerprint density at radius 2 is 2.10 bits per heavy atom. The van der Waals surface area contributed by atoms with Crippen molar-refractivity contribution < 1.29 is 14.2 Å². The summed E-state index contributed by atoms with van der Waals surface area (Å²) in [6.45, 7) is 3.21. The fourth-order valence-corrected chi connectivity index (χ4v) is 3.45. The second-order valence-corrected chi connectivity index (χ2v) is 12.5. The van der Waals surface area contributed by atoms with E-state index in [1.54, 1.807) is 13.8 Å². The van der Waals surface area contributed by atoms with Crippen molar-refractivity contribution in [2.75, 3.05) is 7.05 Å². The first kappa shape index (κ1) is 21.0. The molecule has 0 radical (unpaired) electrons. The largest absolute Gasteiger partial charge is 0.436 e. The molecule has 0 heterocycles. The van der Waals surface area contributed by atoms with Gasteiger partial charge in [-0.3, -0.25) is 19.6 Å². The topological polar surface area (TPSA) is 72.7 Å². The van der Waals surface area contributed by atoms with Crippen LogP contribution in [0.25, 0.3) is 0 Å². The van der Waals surface area contributed by atoms with Crippen LogP contribution in [0.15, 0.2) is 0 Å². The second-order valence-electron chi connectivity index (χ2n) is 4.99. The van der Waals surface area contributed by atoms with E-state index >= 15 is 0 Å². The summed E-state index contributed by atoms with van der Waals surface area (Å²) < 4.78 is 7.14. The Morgan fingerprint density at radius 3 is 2.50 bits per heavy atom. The third-order valence-electron chi connectivity index (χ3n) is 2.90. The SMILES string of the molecule is CN(PP)C(CCCC(C)(C)[N+](=O)[O-])C(=O)OP(P)P. The van der Waals surface area contributed by atoms with Gasteiger partial charge in [-0.05, 0) is 28.3 Å². The van der Waals surface area contributed by atoms with Crippen molar-refractivity contribution in [3.63, 3.8) is 0 Å². The zero-order valence-corrected chi connectivity index (χ0v) is 17.3. The number of nitrogens with zero attached hydrogens (tertiary/aromatic N) is 2. The molecule has 0 N–H and O–H groups in total. The molecule has 0 aliphatic rings. The first-order valence-electron chi connectivity index (χ1n) is 5.96. The van der Waals surface area contributed by atoms with Crippen LogP contribution in [-0.2, 0) is 9.32 Å². The number of nitro groups is 1. The van der Waals surface area contributed by atoms with E-state index in [2.05, 4.69) is 26.8 Å². The Labute approximate surface area is 130 Å². The van der Waals surface area contributed by atoms with Crippen molar-refractivity contribution in [3.05, 3.63) is 10.1 Å². The van der Waals surface area contributed by atoms with Crippen LogP contribution in [-0.4, -0.2) is 34.2 Å². The normalized spacial score (nSPS) is 14.2. The molecule has 20 heavy (non-hydrogen) atoms. The van der Waals surface area contributed by atoms with Gasteiger partial charge < -0.3 is 4.52 Å². The van der Waals surface area contributed by atoms with E-state index in [1.165, 1.54) is 0 Å². The van der Waals surface area contributed by atoms with Gasteiger partial charge in [-0.15, -0.1) is 0 Å². The van der Waals surface area contributed by atoms with Crippen molar-refractivity contribution in [3.8, 4) is 0 Å². The lowest BCUT2D eigenvalue weighted by atomic mass is 9.96. The first-order chi connectivity index (χ1) is 9.11. The van der Waals surface area contributed by atoms with E-state index in [-0.39, 0.29) is 16.9 Å². The van der Waals surface area contributed by atoms with Gasteiger partial charge in [0.1, 0.15) is 13.6 Å². The number of hydrogen-bond donors (Lipinski definition) is 0. The lowest BCUT2D eigenvalue weighted by Gasteiger charge is -2.26. The summed E-state index contributed by atoms with van der Waals surface area (Å²) in [7, 11) is 8.84. The molecule has 0 rings (SSSR count). The highest BCUT2D eigenvalue weighted by molar-refractivity contribution is 8.41. The summed E-state index contributed by atoms with van der Waals surface area (Å²) in [5.41, 5.74) is -0.954. The molecule has 118 valence electrons. The van der Waals surface area contributed by atoms with Gasteiger partial charge in [0.2, 0.25) is 5.54 Å². The molecule has 0 fully saturated rings. The fourth-order valence-electron chi connectivity index (χ4n) is 1.54. The molecule has 5 atom stereocenters. The Kier molecular flexibility index (Phi) is 10.4. The Morgan fingerprint density at radius 1 is 1.55 bits per heavy atom. The molecule has 0 saturated carbocycles. The lowest BCUT2D eigenvalue weighted by molar-refractivity contribution is -0.561. The average molecular weight is 378 g/mol. The van der Waals surface area contributed by atoms with Crippen LogP contribution in [0.1, 0.15) is 33.1 Å². The van der Waals surface area contributed by atoms with Gasteiger partial charge in [0.05, 0.1) is 0 Å². The first-order valence-corrected chi connectivity index (χ1v) is 13.2. The maximum absolute atomic E-state index is 12.0. The molecule has 0 aromatic carbocycles. The Hall–Kier alpha value is 0.980. The number of carbonyl (C=O) groups is 1. The summed E-state index contributed by atoms with van der Waals surface area (Å²) in [5.74, 6) is -0.266. The summed E-state index contributed by atoms with van der Waals surface area (Å²) >= 11 is 0. The smallest absolute Gasteiger partial charge is 0.326 e. The third-order valence-corrected chi connectivity index (χ3v) is 5.86. The van der Waals surface area contributed by atoms with Gasteiger partial charge in [0.25, 0.3) is 0 Å². The van der Waals surface area contributed by atoms with Crippen LogP contribution in [0, 0.1) is 10.1 Å². The van der Waals surface area contributed by atoms with Crippen molar-refractivity contribution >= 4 is 48.7 Å². The van der Waals surface area contributed by atoms with Gasteiger partial charge in [0, 0.05) is 25.2 Å². The Bertz CT molecular complexity index is 342. The van der Waals surface area contributed by atoms with Crippen LogP contribution in [0.4, 0.5) is 0 Å². The van der Waals surface area contributed by atoms with Crippen molar-refractivity contribution in [1.29, 1.82) is 0 Å². The molecule has 0 aliphatic heterocycles. The molecule has 0 bridgehead atoms. The van der Waals surface area contributed by atoms with Gasteiger partial charge in [-0.25, -0.2) is 0 Å². The molecular weight excluding hydrogens is 355 g/mol. The average Bonchev–Trinajstić information content (AvgIpc) is 2.32. The zero-order valence-electron chi connectivity index (χ0n) is 11.9. The number of likely N-dealkylation sites (N-methyl/N-ethyl adjacent to an activating group) is 1. The monoisotopic (exact) mass is 378 g/mol. The highest BCUT2D eigenvalue weighted by atomic mass is 32.4. The minimum atomic E-state index is -0.954. The number of carbonyl (C=O) groups excluding carboxylic acids is 1. The summed E-state index contributed by atoms with van der Waals surface area (Å²) in [6.07, 6.45) is 1.61. The van der Waals surface area contributed by atoms with Gasteiger partial charge in [-0.1, -0.05) is 26.8 Å². The predicted molar refractivity (Wildman–Crippen MR) is 96.9 cm³/mol. The summed E-state index contributed by atoms with van der Waals surface area (Å²) in [5, 5.41) is 10.9. The highest BCUT2D eigenvalue weighted by Gasteiger charge is 2.32. The molecule has 0 aliphatic carbocycles. The van der Waals surface area contributed by atoms with Crippen LogP contribution in [0.3, 0.4) is 0 Å². The highest BCUT2D eigenvalue weighted by Crippen LogP contribution is 2.54. The van der Waals surface area contributed by atoms with E-state index < -0.39 is 13.1 Å². The maximum atomic E-state index is 12.0. The molecule has 0 aromatic rings. The number of rotatable bonds is 9. The van der Waals surface area contributed by atoms with Crippen molar-refractivity contribution in [1.82, 2.24) is 4.67 Å². The lowest BCUT2D eigenvalue weighted by Crippen LogP contribution is -2.35. The molecule has 5 unspecified atom stereocenters. The summed E-state index contributed by atoms with van der Waals surface area (Å²) in [6, 6.07) is -0.348. The molecule has 11 heteroatoms. The second kappa shape index (κ2) is 9.89. The Balaban J connectivity index is 4.53. The molecule has 0 aromatic heterocycles. The van der Waals surface area contributed by atoms with Crippen LogP contribution in [0.2, 0.25) is 0 Å². The number of hydrogen-bond acceptors (Lipinski definition) is 5. The van der Waals surface area contributed by atoms with E-state index in [0.717, 1.165) is 0 Å². The van der Waals surface area contributed by atoms with Crippen LogP contribution < -0.4 is 0 Å². The maximum Gasteiger partial charge on any atom is 0.326 e.